The lowest BCUT2D eigenvalue weighted by molar-refractivity contribution is -0.119. The molecule has 0 aliphatic carbocycles. The first kappa shape index (κ1) is 20.1. The van der Waals surface area contributed by atoms with Crippen LogP contribution in [0.5, 0.6) is 0 Å². The molecule has 0 radical (unpaired) electrons. The van der Waals surface area contributed by atoms with Crippen molar-refractivity contribution >= 4 is 58.2 Å². The Labute approximate surface area is 139 Å². The third-order valence-corrected chi connectivity index (χ3v) is 4.45. The summed E-state index contributed by atoms with van der Waals surface area (Å²) in [6.45, 7) is 0. The summed E-state index contributed by atoms with van der Waals surface area (Å²) in [4.78, 5) is 21.7. The second-order valence-electron chi connectivity index (χ2n) is 4.76. The molecular weight excluding hydrogens is 346 g/mol. The summed E-state index contributed by atoms with van der Waals surface area (Å²) in [5.74, 6) is -1.43. The van der Waals surface area contributed by atoms with Crippen molar-refractivity contribution in [1.29, 1.82) is 0 Å². The molecule has 8 heteroatoms. The summed E-state index contributed by atoms with van der Waals surface area (Å²) < 4.78 is -2.95. The number of hydrogen-bond acceptors (Lipinski definition) is 2. The van der Waals surface area contributed by atoms with Gasteiger partial charge in [-0.05, 0) is 25.7 Å². The molecule has 0 bridgehead atoms. The summed E-state index contributed by atoms with van der Waals surface area (Å²) in [7, 11) is 0. The molecular formula is C12H20Cl4N2O2. The van der Waals surface area contributed by atoms with Gasteiger partial charge in [-0.1, -0.05) is 72.1 Å². The van der Waals surface area contributed by atoms with Crippen LogP contribution in [-0.2, 0) is 9.59 Å². The second kappa shape index (κ2) is 9.19. The van der Waals surface area contributed by atoms with Gasteiger partial charge in [0.25, 0.3) is 11.8 Å². The lowest BCUT2D eigenvalue weighted by atomic mass is 10.1. The van der Waals surface area contributed by atoms with E-state index in [1.807, 2.05) is 0 Å². The Bertz CT molecular complexity index is 303. The molecule has 4 nitrogen and oxygen atoms in total. The highest BCUT2D eigenvalue weighted by Crippen LogP contribution is 2.29. The number of carbonyl (C=O) groups is 2. The van der Waals surface area contributed by atoms with E-state index < -0.39 is 20.5 Å². The number of hydrogen-bond donors (Lipinski definition) is 2. The summed E-state index contributed by atoms with van der Waals surface area (Å²) in [5, 5.41) is 0. The van der Waals surface area contributed by atoms with E-state index >= 15 is 0 Å². The summed E-state index contributed by atoms with van der Waals surface area (Å²) >= 11 is 22.9. The van der Waals surface area contributed by atoms with E-state index in [1.165, 1.54) is 0 Å². The number of unbranched alkanes of at least 4 members (excludes halogenated alkanes) is 5. The van der Waals surface area contributed by atoms with Crippen LogP contribution in [0.2, 0.25) is 0 Å². The van der Waals surface area contributed by atoms with Gasteiger partial charge in [-0.15, -0.1) is 0 Å². The number of amides is 2. The molecule has 0 aromatic heterocycles. The van der Waals surface area contributed by atoms with E-state index in [2.05, 4.69) is 0 Å². The van der Waals surface area contributed by atoms with Crippen molar-refractivity contribution in [3.63, 3.8) is 0 Å². The molecule has 0 unspecified atom stereocenters. The Balaban J connectivity index is 3.56. The molecule has 0 saturated carbocycles. The molecule has 0 fully saturated rings. The minimum absolute atomic E-state index is 0.347. The van der Waals surface area contributed by atoms with Crippen LogP contribution in [0, 0.1) is 0 Å². The highest BCUT2D eigenvalue weighted by molar-refractivity contribution is 6.58. The Hall–Kier alpha value is 0.1000. The molecule has 0 aromatic rings. The number of primary amides is 2. The minimum atomic E-state index is -1.47. The number of alkyl halides is 4. The smallest absolute Gasteiger partial charge is 0.253 e. The van der Waals surface area contributed by atoms with Crippen LogP contribution in [0.3, 0.4) is 0 Å². The largest absolute Gasteiger partial charge is 0.367 e. The summed E-state index contributed by atoms with van der Waals surface area (Å²) in [6, 6.07) is 0. The Morgan fingerprint density at radius 1 is 0.650 bits per heavy atom. The lowest BCUT2D eigenvalue weighted by Crippen LogP contribution is -2.33. The summed E-state index contributed by atoms with van der Waals surface area (Å²) in [5.41, 5.74) is 10.1. The summed E-state index contributed by atoms with van der Waals surface area (Å²) in [6.07, 6.45) is 5.89. The average Bonchev–Trinajstić information content (AvgIpc) is 2.31. The van der Waals surface area contributed by atoms with Crippen LogP contribution in [0.15, 0.2) is 0 Å². The molecule has 0 saturated heterocycles. The second-order valence-corrected chi connectivity index (χ2v) is 7.73. The first-order valence-electron chi connectivity index (χ1n) is 6.45. The molecule has 4 N–H and O–H groups in total. The van der Waals surface area contributed by atoms with Gasteiger partial charge < -0.3 is 11.5 Å². The Kier molecular flexibility index (Phi) is 9.23. The molecule has 2 amide bonds. The maximum Gasteiger partial charge on any atom is 0.253 e. The minimum Gasteiger partial charge on any atom is -0.367 e. The number of carbonyl (C=O) groups excluding carboxylic acids is 2. The van der Waals surface area contributed by atoms with Crippen molar-refractivity contribution in [2.45, 2.75) is 60.0 Å². The van der Waals surface area contributed by atoms with Crippen molar-refractivity contribution in [2.75, 3.05) is 0 Å². The van der Waals surface area contributed by atoms with Gasteiger partial charge in [0.15, 0.2) is 8.67 Å². The van der Waals surface area contributed by atoms with Crippen LogP contribution < -0.4 is 11.5 Å². The third-order valence-electron chi connectivity index (χ3n) is 2.95. The van der Waals surface area contributed by atoms with Gasteiger partial charge in [-0.25, -0.2) is 0 Å². The van der Waals surface area contributed by atoms with E-state index in [0.29, 0.717) is 12.8 Å². The van der Waals surface area contributed by atoms with Crippen molar-refractivity contribution in [2.24, 2.45) is 11.5 Å². The van der Waals surface area contributed by atoms with E-state index in [4.69, 9.17) is 57.9 Å². The fourth-order valence-electron chi connectivity index (χ4n) is 1.65. The number of halogens is 4. The normalized spacial score (nSPS) is 12.4. The SMILES string of the molecule is NC(=O)C(Cl)(Cl)CCCCCCCCC(Cl)(Cl)C(N)=O. The molecule has 20 heavy (non-hydrogen) atoms. The van der Waals surface area contributed by atoms with E-state index in [-0.39, 0.29) is 0 Å². The van der Waals surface area contributed by atoms with Crippen LogP contribution >= 0.6 is 46.4 Å². The van der Waals surface area contributed by atoms with Gasteiger partial charge in [0.1, 0.15) is 0 Å². The van der Waals surface area contributed by atoms with E-state index in [0.717, 1.165) is 38.5 Å². The zero-order valence-electron chi connectivity index (χ0n) is 11.1. The average molecular weight is 366 g/mol. The van der Waals surface area contributed by atoms with Gasteiger partial charge in [0.2, 0.25) is 0 Å². The first-order chi connectivity index (χ1) is 9.09. The monoisotopic (exact) mass is 364 g/mol. The van der Waals surface area contributed by atoms with Crippen molar-refractivity contribution < 1.29 is 9.59 Å². The van der Waals surface area contributed by atoms with Crippen LogP contribution in [0.1, 0.15) is 51.4 Å². The highest BCUT2D eigenvalue weighted by atomic mass is 35.5. The molecule has 118 valence electrons. The molecule has 0 rings (SSSR count). The van der Waals surface area contributed by atoms with E-state index in [9.17, 15) is 9.59 Å². The van der Waals surface area contributed by atoms with Crippen LogP contribution in [-0.4, -0.2) is 20.5 Å². The zero-order valence-corrected chi connectivity index (χ0v) is 14.2. The van der Waals surface area contributed by atoms with Gasteiger partial charge >= 0.3 is 0 Å². The molecule has 0 aromatic carbocycles. The standard InChI is InChI=1S/C12H20Cl4N2O2/c13-11(14,9(17)19)7-5-3-1-2-4-6-8-12(15,16)10(18)20/h1-8H2,(H2,17,19)(H2,18,20). The molecule has 0 atom stereocenters. The van der Waals surface area contributed by atoms with E-state index in [1.54, 1.807) is 0 Å². The first-order valence-corrected chi connectivity index (χ1v) is 7.96. The van der Waals surface area contributed by atoms with Gasteiger partial charge in [-0.3, -0.25) is 9.59 Å². The lowest BCUT2D eigenvalue weighted by Gasteiger charge is -2.15. The molecule has 0 aliphatic heterocycles. The van der Waals surface area contributed by atoms with Crippen LogP contribution in [0.4, 0.5) is 0 Å². The van der Waals surface area contributed by atoms with Gasteiger partial charge in [-0.2, -0.15) is 0 Å². The third kappa shape index (κ3) is 8.40. The Morgan fingerprint density at radius 3 is 1.15 bits per heavy atom. The molecule has 0 heterocycles. The quantitative estimate of drug-likeness (QED) is 0.434. The molecule has 0 spiro atoms. The number of nitrogens with two attached hydrogens (primary N) is 2. The van der Waals surface area contributed by atoms with Crippen molar-refractivity contribution in [3.05, 3.63) is 0 Å². The maximum absolute atomic E-state index is 10.9. The fourth-order valence-corrected chi connectivity index (χ4v) is 2.18. The van der Waals surface area contributed by atoms with Gasteiger partial charge in [0, 0.05) is 0 Å². The van der Waals surface area contributed by atoms with Crippen molar-refractivity contribution in [3.8, 4) is 0 Å². The predicted octanol–water partition coefficient (Wildman–Crippen LogP) is 3.43. The highest BCUT2D eigenvalue weighted by Gasteiger charge is 2.31. The maximum atomic E-state index is 10.9. The zero-order chi connectivity index (χ0) is 15.8. The number of rotatable bonds is 11. The predicted molar refractivity (Wildman–Crippen MR) is 84.2 cm³/mol. The van der Waals surface area contributed by atoms with Gasteiger partial charge in [0.05, 0.1) is 0 Å². The van der Waals surface area contributed by atoms with Crippen molar-refractivity contribution in [1.82, 2.24) is 0 Å². The fraction of sp³-hybridized carbons (Fsp3) is 0.833. The van der Waals surface area contributed by atoms with Crippen LogP contribution in [0.25, 0.3) is 0 Å². The molecule has 0 aliphatic rings. The topological polar surface area (TPSA) is 86.2 Å². The Morgan fingerprint density at radius 2 is 0.900 bits per heavy atom.